The van der Waals surface area contributed by atoms with Gasteiger partial charge in [0.1, 0.15) is 6.29 Å². The minimum atomic E-state index is -0.454. The normalized spacial score (nSPS) is 22.8. The van der Waals surface area contributed by atoms with E-state index in [1.54, 1.807) is 0 Å². The Morgan fingerprint density at radius 2 is 1.64 bits per heavy atom. The number of hydrogen-bond donors (Lipinski definition) is 1. The number of ether oxygens (including phenoxy) is 1. The largest absolute Gasteiger partial charge is 0.466 e. The topological polar surface area (TPSA) is 63.6 Å². The highest BCUT2D eigenvalue weighted by Gasteiger charge is 2.43. The summed E-state index contributed by atoms with van der Waals surface area (Å²) in [6.07, 6.45) is 24.6. The van der Waals surface area contributed by atoms with E-state index < -0.39 is 6.10 Å². The molecule has 1 N–H and O–H groups in total. The molecule has 1 aliphatic rings. The van der Waals surface area contributed by atoms with Crippen molar-refractivity contribution in [1.82, 2.24) is 0 Å². The van der Waals surface area contributed by atoms with Gasteiger partial charge in [0.2, 0.25) is 0 Å². The smallest absolute Gasteiger partial charge is 0.305 e. The van der Waals surface area contributed by atoms with E-state index in [0.717, 1.165) is 81.6 Å². The van der Waals surface area contributed by atoms with Crippen LogP contribution in [0.1, 0.15) is 165 Å². The highest BCUT2D eigenvalue weighted by atomic mass is 16.5. The molecule has 1 rings (SSSR count). The summed E-state index contributed by atoms with van der Waals surface area (Å²) in [6.45, 7) is 17.9. The summed E-state index contributed by atoms with van der Waals surface area (Å²) in [5.74, 6) is 0.749. The Bertz CT molecular complexity index is 964. The molecule has 1 saturated carbocycles. The van der Waals surface area contributed by atoms with Gasteiger partial charge in [0, 0.05) is 6.42 Å². The van der Waals surface area contributed by atoms with Gasteiger partial charge < -0.3 is 9.84 Å². The standard InChI is InChI=1S/C40H68O4/c1-9-10-11-12-13-14-15-23-39(43)44-29-18-22-37-36(34(6)30-41)26-25-35(7)40(37,8)28-17-21-33(5)38(42)27-24-32(4)20-16-19-31(2)3/h19,21,24,30,35,37-38,42H,9-18,20,22-23,25-29H2,1-8H3. The predicted octanol–water partition coefficient (Wildman–Crippen LogP) is 11.2. The zero-order valence-electron chi connectivity index (χ0n) is 29.9. The average Bonchev–Trinajstić information content (AvgIpc) is 2.99. The number of unbranched alkanes of at least 4 members (excludes halogenated alkanes) is 6. The quantitative estimate of drug-likeness (QED) is 0.0434. The van der Waals surface area contributed by atoms with E-state index in [0.29, 0.717) is 31.3 Å². The van der Waals surface area contributed by atoms with Crippen molar-refractivity contribution < 1.29 is 19.4 Å². The molecule has 0 aromatic heterocycles. The molecule has 4 unspecified atom stereocenters. The van der Waals surface area contributed by atoms with Crippen LogP contribution < -0.4 is 0 Å². The minimum absolute atomic E-state index is 0.0444. The Morgan fingerprint density at radius 1 is 0.955 bits per heavy atom. The number of carbonyl (C=O) groups excluding carboxylic acids is 2. The fourth-order valence-electron chi connectivity index (χ4n) is 6.80. The third-order valence-electron chi connectivity index (χ3n) is 10.2. The van der Waals surface area contributed by atoms with E-state index in [1.165, 1.54) is 48.8 Å². The van der Waals surface area contributed by atoms with Crippen LogP contribution in [0.2, 0.25) is 0 Å². The van der Waals surface area contributed by atoms with E-state index in [1.807, 2.05) is 13.8 Å². The van der Waals surface area contributed by atoms with E-state index in [4.69, 9.17) is 4.74 Å². The molecule has 0 saturated heterocycles. The Kier molecular flexibility index (Phi) is 20.5. The molecule has 0 aromatic rings. The summed E-state index contributed by atoms with van der Waals surface area (Å²) < 4.78 is 5.64. The Hall–Kier alpha value is -1.94. The molecule has 0 aliphatic heterocycles. The highest BCUT2D eigenvalue weighted by molar-refractivity contribution is 5.74. The summed E-state index contributed by atoms with van der Waals surface area (Å²) >= 11 is 0. The number of aliphatic hydroxyl groups excluding tert-OH is 1. The molecule has 1 fully saturated rings. The molecule has 0 radical (unpaired) electrons. The summed E-state index contributed by atoms with van der Waals surface area (Å²) in [7, 11) is 0. The van der Waals surface area contributed by atoms with Gasteiger partial charge in [0.15, 0.2) is 0 Å². The summed E-state index contributed by atoms with van der Waals surface area (Å²) in [5.41, 5.74) is 5.93. The molecule has 4 nitrogen and oxygen atoms in total. The first-order valence-electron chi connectivity index (χ1n) is 17.9. The summed E-state index contributed by atoms with van der Waals surface area (Å²) in [4.78, 5) is 24.2. The first-order chi connectivity index (χ1) is 21.0. The maximum atomic E-state index is 12.3. The van der Waals surface area contributed by atoms with Gasteiger partial charge in [-0.1, -0.05) is 94.2 Å². The van der Waals surface area contributed by atoms with Crippen molar-refractivity contribution in [2.45, 2.75) is 171 Å². The monoisotopic (exact) mass is 613 g/mol. The van der Waals surface area contributed by atoms with E-state index in [2.05, 4.69) is 59.8 Å². The number of allylic oxidation sites excluding steroid dienone is 6. The zero-order valence-corrected chi connectivity index (χ0v) is 29.9. The molecule has 4 heteroatoms. The third-order valence-corrected chi connectivity index (χ3v) is 10.2. The van der Waals surface area contributed by atoms with Crippen LogP contribution in [0.25, 0.3) is 0 Å². The second kappa shape index (κ2) is 22.5. The van der Waals surface area contributed by atoms with Gasteiger partial charge >= 0.3 is 5.97 Å². The predicted molar refractivity (Wildman–Crippen MR) is 188 cm³/mol. The van der Waals surface area contributed by atoms with Crippen LogP contribution in [0.3, 0.4) is 0 Å². The van der Waals surface area contributed by atoms with Gasteiger partial charge in [0.05, 0.1) is 12.7 Å². The van der Waals surface area contributed by atoms with E-state index in [9.17, 15) is 14.7 Å². The molecule has 0 spiro atoms. The third kappa shape index (κ3) is 15.4. The van der Waals surface area contributed by atoms with Crippen LogP contribution in [-0.4, -0.2) is 30.1 Å². The number of carbonyl (C=O) groups is 2. The maximum absolute atomic E-state index is 12.3. The molecule has 0 amide bonds. The molecule has 252 valence electrons. The van der Waals surface area contributed by atoms with Crippen LogP contribution in [0, 0.1) is 17.3 Å². The Morgan fingerprint density at radius 3 is 2.30 bits per heavy atom. The number of aliphatic hydroxyl groups is 1. The molecule has 0 heterocycles. The van der Waals surface area contributed by atoms with Crippen molar-refractivity contribution in [1.29, 1.82) is 0 Å². The Labute approximate surface area is 271 Å². The highest BCUT2D eigenvalue weighted by Crippen LogP contribution is 2.53. The maximum Gasteiger partial charge on any atom is 0.305 e. The van der Waals surface area contributed by atoms with Crippen molar-refractivity contribution >= 4 is 12.3 Å². The molecule has 44 heavy (non-hydrogen) atoms. The van der Waals surface area contributed by atoms with Crippen LogP contribution >= 0.6 is 0 Å². The second-order valence-corrected chi connectivity index (χ2v) is 14.2. The van der Waals surface area contributed by atoms with Crippen molar-refractivity contribution in [3.8, 4) is 0 Å². The number of aldehydes is 1. The van der Waals surface area contributed by atoms with E-state index >= 15 is 0 Å². The SMILES string of the molecule is CCCCCCCCCC(=O)OCCCC1C(=C(C)C=O)CCC(C)C1(C)CCC=C(C)C(O)CC=C(C)CCC=C(C)C. The van der Waals surface area contributed by atoms with Gasteiger partial charge in [-0.2, -0.15) is 0 Å². The summed E-state index contributed by atoms with van der Waals surface area (Å²) in [6, 6.07) is 0. The Balaban J connectivity index is 2.73. The van der Waals surface area contributed by atoms with Crippen molar-refractivity contribution in [2.24, 2.45) is 17.3 Å². The van der Waals surface area contributed by atoms with Gasteiger partial charge in [-0.05, 0) is 127 Å². The lowest BCUT2D eigenvalue weighted by molar-refractivity contribution is -0.144. The van der Waals surface area contributed by atoms with Crippen LogP contribution in [-0.2, 0) is 14.3 Å². The van der Waals surface area contributed by atoms with Gasteiger partial charge in [-0.3, -0.25) is 9.59 Å². The van der Waals surface area contributed by atoms with Crippen molar-refractivity contribution in [3.05, 3.63) is 46.1 Å². The molecular weight excluding hydrogens is 544 g/mol. The fraction of sp³-hybridized carbons (Fsp3) is 0.750. The average molecular weight is 613 g/mol. The lowest BCUT2D eigenvalue weighted by atomic mass is 9.56. The zero-order chi connectivity index (χ0) is 33.0. The fourth-order valence-corrected chi connectivity index (χ4v) is 6.80. The second-order valence-electron chi connectivity index (χ2n) is 14.2. The molecule has 4 atom stereocenters. The van der Waals surface area contributed by atoms with Gasteiger partial charge in [-0.25, -0.2) is 0 Å². The first kappa shape index (κ1) is 40.1. The van der Waals surface area contributed by atoms with Crippen LogP contribution in [0.5, 0.6) is 0 Å². The van der Waals surface area contributed by atoms with Crippen molar-refractivity contribution in [3.63, 3.8) is 0 Å². The molecule has 1 aliphatic carbocycles. The first-order valence-corrected chi connectivity index (χ1v) is 17.9. The number of esters is 1. The minimum Gasteiger partial charge on any atom is -0.466 e. The molecular formula is C40H68O4. The lowest BCUT2D eigenvalue weighted by Crippen LogP contribution is -2.39. The van der Waals surface area contributed by atoms with Gasteiger partial charge in [0.25, 0.3) is 0 Å². The summed E-state index contributed by atoms with van der Waals surface area (Å²) in [5, 5.41) is 10.8. The molecule has 0 bridgehead atoms. The van der Waals surface area contributed by atoms with Crippen LogP contribution in [0.4, 0.5) is 0 Å². The van der Waals surface area contributed by atoms with Crippen LogP contribution in [0.15, 0.2) is 46.1 Å². The van der Waals surface area contributed by atoms with E-state index in [-0.39, 0.29) is 11.4 Å². The molecule has 0 aromatic carbocycles. The lowest BCUT2D eigenvalue weighted by Gasteiger charge is -2.48. The van der Waals surface area contributed by atoms with Gasteiger partial charge in [-0.15, -0.1) is 0 Å². The number of rotatable bonds is 22. The van der Waals surface area contributed by atoms with Crippen molar-refractivity contribution in [2.75, 3.05) is 6.61 Å². The number of hydrogen-bond acceptors (Lipinski definition) is 4.